The minimum Gasteiger partial charge on any atom is -0.354 e. The number of anilines is 1. The van der Waals surface area contributed by atoms with Crippen molar-refractivity contribution in [2.45, 2.75) is 32.9 Å². The van der Waals surface area contributed by atoms with Crippen molar-refractivity contribution in [3.8, 4) is 0 Å². The summed E-state index contributed by atoms with van der Waals surface area (Å²) in [5.74, 6) is -1.52. The number of halogens is 1. The summed E-state index contributed by atoms with van der Waals surface area (Å²) in [6.45, 7) is 3.19. The van der Waals surface area contributed by atoms with E-state index in [4.69, 9.17) is 0 Å². The van der Waals surface area contributed by atoms with Gasteiger partial charge in [0.15, 0.2) is 0 Å². The summed E-state index contributed by atoms with van der Waals surface area (Å²) in [4.78, 5) is 27.0. The van der Waals surface area contributed by atoms with Gasteiger partial charge in [0.2, 0.25) is 21.8 Å². The van der Waals surface area contributed by atoms with Gasteiger partial charge in [-0.1, -0.05) is 43.3 Å². The lowest BCUT2D eigenvalue weighted by atomic mass is 10.1. The summed E-state index contributed by atoms with van der Waals surface area (Å²) in [7, 11) is -3.78. The number of hydrogen-bond donors (Lipinski definition) is 1. The van der Waals surface area contributed by atoms with E-state index in [0.29, 0.717) is 12.2 Å². The number of benzene rings is 2. The van der Waals surface area contributed by atoms with Gasteiger partial charge in [-0.05, 0) is 31.5 Å². The molecular formula is C22H28FN3O4S. The maximum absolute atomic E-state index is 14.3. The van der Waals surface area contributed by atoms with E-state index in [9.17, 15) is 22.4 Å². The fourth-order valence-electron chi connectivity index (χ4n) is 3.00. The van der Waals surface area contributed by atoms with Gasteiger partial charge < -0.3 is 10.2 Å². The molecule has 2 aromatic carbocycles. The number of para-hydroxylation sites is 1. The van der Waals surface area contributed by atoms with E-state index in [1.165, 1.54) is 30.0 Å². The number of rotatable bonds is 10. The molecule has 0 fully saturated rings. The van der Waals surface area contributed by atoms with Crippen molar-refractivity contribution in [1.29, 1.82) is 0 Å². The van der Waals surface area contributed by atoms with Gasteiger partial charge in [-0.25, -0.2) is 12.8 Å². The maximum Gasteiger partial charge on any atom is 0.244 e. The number of nitrogens with one attached hydrogen (secondary N) is 1. The number of nitrogens with zero attached hydrogens (tertiary/aromatic N) is 2. The normalized spacial score (nSPS) is 12.1. The van der Waals surface area contributed by atoms with Crippen LogP contribution in [-0.4, -0.2) is 50.5 Å². The molecule has 0 spiro atoms. The molecule has 2 rings (SSSR count). The summed E-state index contributed by atoms with van der Waals surface area (Å²) in [6.07, 6.45) is 1.72. The molecule has 0 bridgehead atoms. The summed E-state index contributed by atoms with van der Waals surface area (Å²) >= 11 is 0. The molecule has 0 aliphatic rings. The Bertz CT molecular complexity index is 999. The van der Waals surface area contributed by atoms with Crippen molar-refractivity contribution < 1.29 is 22.4 Å². The second kappa shape index (κ2) is 10.9. The second-order valence-corrected chi connectivity index (χ2v) is 9.09. The minimum atomic E-state index is -3.78. The van der Waals surface area contributed by atoms with Crippen LogP contribution in [-0.2, 0) is 26.2 Å². The molecule has 2 aromatic rings. The Kier molecular flexibility index (Phi) is 8.56. The third kappa shape index (κ3) is 6.78. The van der Waals surface area contributed by atoms with Crippen LogP contribution in [0.25, 0.3) is 0 Å². The first kappa shape index (κ1) is 24.3. The first-order chi connectivity index (χ1) is 14.6. The lowest BCUT2D eigenvalue weighted by molar-refractivity contribution is -0.139. The first-order valence-electron chi connectivity index (χ1n) is 9.98. The number of amides is 2. The molecule has 0 heterocycles. The molecular weight excluding hydrogens is 421 g/mol. The van der Waals surface area contributed by atoms with Gasteiger partial charge in [0, 0.05) is 18.7 Å². The van der Waals surface area contributed by atoms with Gasteiger partial charge in [0.1, 0.15) is 18.4 Å². The zero-order valence-electron chi connectivity index (χ0n) is 17.9. The lowest BCUT2D eigenvalue weighted by Gasteiger charge is -2.31. The highest BCUT2D eigenvalue weighted by Crippen LogP contribution is 2.19. The van der Waals surface area contributed by atoms with Crippen molar-refractivity contribution in [3.05, 3.63) is 66.0 Å². The molecule has 1 atom stereocenters. The number of hydrogen-bond acceptors (Lipinski definition) is 4. The second-order valence-electron chi connectivity index (χ2n) is 7.19. The highest BCUT2D eigenvalue weighted by molar-refractivity contribution is 7.92. The number of carbonyl (C=O) groups is 2. The quantitative estimate of drug-likeness (QED) is 0.604. The molecule has 0 aliphatic carbocycles. The van der Waals surface area contributed by atoms with E-state index < -0.39 is 40.2 Å². The van der Waals surface area contributed by atoms with Gasteiger partial charge >= 0.3 is 0 Å². The van der Waals surface area contributed by atoms with Crippen LogP contribution < -0.4 is 9.62 Å². The van der Waals surface area contributed by atoms with Crippen LogP contribution in [0.2, 0.25) is 0 Å². The maximum atomic E-state index is 14.3. The summed E-state index contributed by atoms with van der Waals surface area (Å²) in [6, 6.07) is 13.3. The van der Waals surface area contributed by atoms with E-state index in [1.807, 2.05) is 6.92 Å². The van der Waals surface area contributed by atoms with Crippen molar-refractivity contribution in [1.82, 2.24) is 10.2 Å². The highest BCUT2D eigenvalue weighted by atomic mass is 32.2. The lowest BCUT2D eigenvalue weighted by Crippen LogP contribution is -2.51. The first-order valence-corrected chi connectivity index (χ1v) is 11.8. The predicted molar refractivity (Wildman–Crippen MR) is 118 cm³/mol. The number of sulfonamides is 1. The zero-order chi connectivity index (χ0) is 23.0. The van der Waals surface area contributed by atoms with E-state index in [1.54, 1.807) is 36.4 Å². The van der Waals surface area contributed by atoms with E-state index in [2.05, 4.69) is 5.32 Å². The molecule has 7 nitrogen and oxygen atoms in total. The van der Waals surface area contributed by atoms with E-state index >= 15 is 0 Å². The van der Waals surface area contributed by atoms with Crippen LogP contribution in [0.5, 0.6) is 0 Å². The highest BCUT2D eigenvalue weighted by Gasteiger charge is 2.30. The van der Waals surface area contributed by atoms with Crippen LogP contribution in [0.1, 0.15) is 25.8 Å². The Morgan fingerprint density at radius 2 is 1.68 bits per heavy atom. The van der Waals surface area contributed by atoms with Gasteiger partial charge in [-0.2, -0.15) is 0 Å². The van der Waals surface area contributed by atoms with Gasteiger partial charge in [0.05, 0.1) is 11.9 Å². The van der Waals surface area contributed by atoms with Gasteiger partial charge in [-0.15, -0.1) is 0 Å². The van der Waals surface area contributed by atoms with E-state index in [0.717, 1.165) is 17.0 Å². The Hall–Kier alpha value is -2.94. The standard InChI is InChI=1S/C22H28FN3O4S/c1-4-14-24-22(28)17(2)25(15-18-10-8-9-13-20(18)23)21(27)16-26(31(3,29)30)19-11-6-5-7-12-19/h5-13,17H,4,14-16H2,1-3H3,(H,24,28)/t17-/m0/s1. The zero-order valence-corrected chi connectivity index (χ0v) is 18.7. The fourth-order valence-corrected chi connectivity index (χ4v) is 3.85. The molecule has 168 valence electrons. The van der Waals surface area contributed by atoms with Crippen LogP contribution in [0.3, 0.4) is 0 Å². The molecule has 0 saturated carbocycles. The third-order valence-corrected chi connectivity index (χ3v) is 5.88. The van der Waals surface area contributed by atoms with Gasteiger partial charge in [0.25, 0.3) is 0 Å². The van der Waals surface area contributed by atoms with E-state index in [-0.39, 0.29) is 12.1 Å². The summed E-state index contributed by atoms with van der Waals surface area (Å²) in [5, 5.41) is 2.72. The Morgan fingerprint density at radius 3 is 2.26 bits per heavy atom. The number of carbonyl (C=O) groups excluding carboxylic acids is 2. The topological polar surface area (TPSA) is 86.8 Å². The molecule has 0 radical (unpaired) electrons. The van der Waals surface area contributed by atoms with Crippen LogP contribution >= 0.6 is 0 Å². The molecule has 0 aromatic heterocycles. The molecule has 9 heteroatoms. The molecule has 0 aliphatic heterocycles. The average Bonchev–Trinajstić information content (AvgIpc) is 2.74. The molecule has 0 unspecified atom stereocenters. The van der Waals surface area contributed by atoms with Crippen LogP contribution in [0.4, 0.5) is 10.1 Å². The molecule has 1 N–H and O–H groups in total. The molecule has 2 amide bonds. The van der Waals surface area contributed by atoms with Crippen LogP contribution in [0.15, 0.2) is 54.6 Å². The molecule has 31 heavy (non-hydrogen) atoms. The van der Waals surface area contributed by atoms with Crippen molar-refractivity contribution >= 4 is 27.5 Å². The Labute approximate surface area is 182 Å². The monoisotopic (exact) mass is 449 g/mol. The SMILES string of the molecule is CCCNC(=O)[C@H](C)N(Cc1ccccc1F)C(=O)CN(c1ccccc1)S(C)(=O)=O. The fraction of sp³-hybridized carbons (Fsp3) is 0.364. The van der Waals surface area contributed by atoms with Crippen molar-refractivity contribution in [2.24, 2.45) is 0 Å². The summed E-state index contributed by atoms with van der Waals surface area (Å²) < 4.78 is 40.0. The largest absolute Gasteiger partial charge is 0.354 e. The van der Waals surface area contributed by atoms with Gasteiger partial charge in [-0.3, -0.25) is 13.9 Å². The predicted octanol–water partition coefficient (Wildman–Crippen LogP) is 2.54. The average molecular weight is 450 g/mol. The Morgan fingerprint density at radius 1 is 1.06 bits per heavy atom. The van der Waals surface area contributed by atoms with Crippen molar-refractivity contribution in [2.75, 3.05) is 23.7 Å². The Balaban J connectivity index is 2.35. The third-order valence-electron chi connectivity index (χ3n) is 4.74. The summed E-state index contributed by atoms with van der Waals surface area (Å²) in [5.41, 5.74) is 0.559. The smallest absolute Gasteiger partial charge is 0.244 e. The minimum absolute atomic E-state index is 0.168. The van der Waals surface area contributed by atoms with Crippen molar-refractivity contribution in [3.63, 3.8) is 0 Å². The molecule has 0 saturated heterocycles. The van der Waals surface area contributed by atoms with Crippen LogP contribution in [0, 0.1) is 5.82 Å².